The summed E-state index contributed by atoms with van der Waals surface area (Å²) in [4.78, 5) is 2.44. The topological polar surface area (TPSA) is 15.8 Å². The number of aryl methyl sites for hydroxylation is 2. The molecule has 1 aromatic rings. The van der Waals surface area contributed by atoms with Gasteiger partial charge in [0.2, 0.25) is 0 Å². The fraction of sp³-hybridized carbons (Fsp3) is 0.765. The second-order valence-electron chi connectivity index (χ2n) is 6.16. The van der Waals surface area contributed by atoms with Crippen LogP contribution in [0.2, 0.25) is 0 Å². The average molecular weight is 357 g/mol. The molecule has 0 unspecified atom stereocenters. The minimum Gasteiger partial charge on any atom is -0.361 e. The van der Waals surface area contributed by atoms with Gasteiger partial charge in [0.05, 0.1) is 0 Å². The van der Waals surface area contributed by atoms with Crippen LogP contribution in [0, 0.1) is 0 Å². The predicted molar refractivity (Wildman–Crippen MR) is 82.1 cm³/mol. The molecule has 7 heteroatoms. The largest absolute Gasteiger partial charge is 0.405 e. The average Bonchev–Trinajstić information content (AvgIpc) is 2.78. The summed E-state index contributed by atoms with van der Waals surface area (Å²) in [6, 6.07) is 1.07. The molecule has 1 nitrogen and oxygen atoms in total. The summed E-state index contributed by atoms with van der Waals surface area (Å²) in [5.41, 5.74) is 0.328. The zero-order chi connectivity index (χ0) is 18.4. The van der Waals surface area contributed by atoms with Gasteiger partial charge in [-0.3, -0.25) is 0 Å². The van der Waals surface area contributed by atoms with E-state index in [0.717, 1.165) is 44.6 Å². The highest BCUT2D eigenvalue weighted by Gasteiger charge is 2.58. The number of H-pyrrole nitrogens is 1. The smallest absolute Gasteiger partial charge is 0.361 e. The number of nitrogens with one attached hydrogen (secondary N) is 1. The summed E-state index contributed by atoms with van der Waals surface area (Å²) in [7, 11) is 0. The fourth-order valence-corrected chi connectivity index (χ4v) is 2.82. The van der Waals surface area contributed by atoms with Crippen LogP contribution < -0.4 is 0 Å². The quantitative estimate of drug-likeness (QED) is 0.374. The summed E-state index contributed by atoms with van der Waals surface area (Å²) < 4.78 is 77.5. The minimum atomic E-state index is -5.36. The van der Waals surface area contributed by atoms with Gasteiger partial charge in [-0.2, -0.15) is 26.3 Å². The summed E-state index contributed by atoms with van der Waals surface area (Å²) in [5.74, 6) is -3.45. The van der Waals surface area contributed by atoms with Gasteiger partial charge in [-0.15, -0.1) is 0 Å². The van der Waals surface area contributed by atoms with Crippen molar-refractivity contribution in [2.24, 2.45) is 0 Å². The lowest BCUT2D eigenvalue weighted by atomic mass is 10.0. The molecular formula is C17H25F6N. The Bertz CT molecular complexity index is 445. The Labute approximate surface area is 138 Å². The molecule has 1 rings (SSSR count). The van der Waals surface area contributed by atoms with Gasteiger partial charge in [0, 0.05) is 11.4 Å². The molecule has 0 aliphatic carbocycles. The molecule has 140 valence electrons. The Kier molecular flexibility index (Phi) is 7.67. The van der Waals surface area contributed by atoms with E-state index in [9.17, 15) is 26.3 Å². The highest BCUT2D eigenvalue weighted by atomic mass is 19.4. The van der Waals surface area contributed by atoms with Crippen LogP contribution >= 0.6 is 0 Å². The maximum atomic E-state index is 12.9. The van der Waals surface area contributed by atoms with Crippen molar-refractivity contribution >= 4 is 0 Å². The van der Waals surface area contributed by atoms with Crippen LogP contribution in [0.25, 0.3) is 0 Å². The first-order valence-electron chi connectivity index (χ1n) is 8.45. The summed E-state index contributed by atoms with van der Waals surface area (Å²) in [6.45, 7) is 3.99. The Morgan fingerprint density at radius 2 is 1.33 bits per heavy atom. The molecule has 1 aromatic heterocycles. The van der Waals surface area contributed by atoms with Gasteiger partial charge in [-0.25, -0.2) is 0 Å². The number of hydrogen-bond acceptors (Lipinski definition) is 0. The second-order valence-corrected chi connectivity index (χ2v) is 6.16. The molecule has 24 heavy (non-hydrogen) atoms. The van der Waals surface area contributed by atoms with E-state index < -0.39 is 24.0 Å². The Balaban J connectivity index is 3.10. The molecule has 0 radical (unpaired) electrons. The van der Waals surface area contributed by atoms with Crippen molar-refractivity contribution in [2.75, 3.05) is 0 Å². The van der Waals surface area contributed by atoms with E-state index >= 15 is 0 Å². The van der Waals surface area contributed by atoms with Crippen molar-refractivity contribution in [3.8, 4) is 0 Å². The van der Waals surface area contributed by atoms with Crippen LogP contribution in [0.15, 0.2) is 6.07 Å². The van der Waals surface area contributed by atoms with E-state index in [4.69, 9.17) is 0 Å². The van der Waals surface area contributed by atoms with E-state index in [2.05, 4.69) is 4.98 Å². The first-order valence-corrected chi connectivity index (χ1v) is 8.45. The molecule has 0 atom stereocenters. The van der Waals surface area contributed by atoms with Crippen molar-refractivity contribution < 1.29 is 26.3 Å². The fourth-order valence-electron chi connectivity index (χ4n) is 2.82. The third kappa shape index (κ3) is 6.06. The normalized spacial score (nSPS) is 13.0. The van der Waals surface area contributed by atoms with Crippen LogP contribution in [0.3, 0.4) is 0 Å². The molecule has 0 bridgehead atoms. The zero-order valence-electron chi connectivity index (χ0n) is 14.1. The molecule has 0 aromatic carbocycles. The Hall–Kier alpha value is -1.14. The van der Waals surface area contributed by atoms with Crippen molar-refractivity contribution in [3.63, 3.8) is 0 Å². The Morgan fingerprint density at radius 1 is 0.833 bits per heavy atom. The molecule has 0 aliphatic heterocycles. The van der Waals surface area contributed by atoms with Gasteiger partial charge in [0.15, 0.2) is 5.92 Å². The van der Waals surface area contributed by atoms with Gasteiger partial charge in [-0.1, -0.05) is 39.5 Å². The SMILES string of the molecule is CCCCCc1cc(C(C(F)(F)F)C(F)(F)F)[nH]c1CCCCC. The first-order chi connectivity index (χ1) is 11.1. The molecule has 1 N–H and O–H groups in total. The number of rotatable bonds is 9. The lowest BCUT2D eigenvalue weighted by Crippen LogP contribution is -2.34. The Morgan fingerprint density at radius 3 is 1.79 bits per heavy atom. The molecule has 0 spiro atoms. The van der Waals surface area contributed by atoms with Crippen LogP contribution in [0.4, 0.5) is 26.3 Å². The number of unbranched alkanes of at least 4 members (excludes halogenated alkanes) is 4. The van der Waals surface area contributed by atoms with Crippen LogP contribution in [0.5, 0.6) is 0 Å². The molecular weight excluding hydrogens is 332 g/mol. The van der Waals surface area contributed by atoms with Gasteiger partial charge in [0.25, 0.3) is 0 Å². The molecule has 0 aliphatic rings. The maximum Gasteiger partial charge on any atom is 0.405 e. The van der Waals surface area contributed by atoms with Crippen molar-refractivity contribution in [2.45, 2.75) is 83.5 Å². The molecule has 0 saturated heterocycles. The van der Waals surface area contributed by atoms with Gasteiger partial charge in [0.1, 0.15) is 0 Å². The third-order valence-corrected chi connectivity index (χ3v) is 4.06. The number of alkyl halides is 6. The molecule has 1 heterocycles. The van der Waals surface area contributed by atoms with Crippen LogP contribution in [-0.2, 0) is 12.8 Å². The van der Waals surface area contributed by atoms with Gasteiger partial charge in [-0.05, 0) is 37.3 Å². The van der Waals surface area contributed by atoms with E-state index in [1.54, 1.807) is 0 Å². The third-order valence-electron chi connectivity index (χ3n) is 4.06. The zero-order valence-corrected chi connectivity index (χ0v) is 14.1. The van der Waals surface area contributed by atoms with Crippen molar-refractivity contribution in [3.05, 3.63) is 23.0 Å². The maximum absolute atomic E-state index is 12.9. The highest BCUT2D eigenvalue weighted by molar-refractivity contribution is 5.30. The predicted octanol–water partition coefficient (Wildman–Crippen LogP) is 6.69. The summed E-state index contributed by atoms with van der Waals surface area (Å²) in [5, 5.41) is 0. The lowest BCUT2D eigenvalue weighted by molar-refractivity contribution is -0.254. The number of halogens is 6. The van der Waals surface area contributed by atoms with Gasteiger partial charge >= 0.3 is 12.4 Å². The van der Waals surface area contributed by atoms with Crippen molar-refractivity contribution in [1.29, 1.82) is 0 Å². The second kappa shape index (κ2) is 8.81. The summed E-state index contributed by atoms with van der Waals surface area (Å²) in [6.07, 6.45) is -4.54. The molecule has 0 fully saturated rings. The number of aromatic amines is 1. The van der Waals surface area contributed by atoms with Crippen molar-refractivity contribution in [1.82, 2.24) is 4.98 Å². The molecule has 0 saturated carbocycles. The summed E-state index contributed by atoms with van der Waals surface area (Å²) >= 11 is 0. The first kappa shape index (κ1) is 20.9. The van der Waals surface area contributed by atoms with Gasteiger partial charge < -0.3 is 4.98 Å². The van der Waals surface area contributed by atoms with Crippen LogP contribution in [0.1, 0.15) is 75.2 Å². The van der Waals surface area contributed by atoms with E-state index in [1.807, 2.05) is 13.8 Å². The number of hydrogen-bond donors (Lipinski definition) is 1. The standard InChI is InChI=1S/C17H25F6N/c1-3-5-7-9-12-11-14(24-13(12)10-8-6-4-2)15(16(18,19)20)17(21,22)23/h11,15,24H,3-10H2,1-2H3. The number of aromatic nitrogens is 1. The monoisotopic (exact) mass is 357 g/mol. The highest BCUT2D eigenvalue weighted by Crippen LogP contribution is 2.46. The van der Waals surface area contributed by atoms with Crippen LogP contribution in [-0.4, -0.2) is 17.3 Å². The van der Waals surface area contributed by atoms with E-state index in [0.29, 0.717) is 24.1 Å². The van der Waals surface area contributed by atoms with E-state index in [1.165, 1.54) is 0 Å². The lowest BCUT2D eigenvalue weighted by Gasteiger charge is -2.21. The molecule has 0 amide bonds. The minimum absolute atomic E-state index is 0.484. The van der Waals surface area contributed by atoms with E-state index in [-0.39, 0.29) is 0 Å².